The summed E-state index contributed by atoms with van der Waals surface area (Å²) in [6.07, 6.45) is 6.87. The van der Waals surface area contributed by atoms with E-state index >= 15 is 0 Å². The fourth-order valence-electron chi connectivity index (χ4n) is 2.01. The summed E-state index contributed by atoms with van der Waals surface area (Å²) in [5, 5.41) is 3.27. The molecule has 0 fully saturated rings. The van der Waals surface area contributed by atoms with Crippen LogP contribution in [0.15, 0.2) is 48.7 Å². The summed E-state index contributed by atoms with van der Waals surface area (Å²) in [7, 11) is 0. The highest BCUT2D eigenvalue weighted by Crippen LogP contribution is 2.18. The normalized spacial score (nSPS) is 10.8. The van der Waals surface area contributed by atoms with Crippen molar-refractivity contribution in [3.63, 3.8) is 0 Å². The smallest absolute Gasteiger partial charge is 0.125 e. The fourth-order valence-corrected chi connectivity index (χ4v) is 2.01. The average molecular weight is 282 g/mol. The number of aromatic nitrogens is 1. The van der Waals surface area contributed by atoms with Crippen LogP contribution >= 0.6 is 0 Å². The predicted molar refractivity (Wildman–Crippen MR) is 88.7 cm³/mol. The van der Waals surface area contributed by atoms with Crippen LogP contribution in [-0.2, 0) is 0 Å². The SMILES string of the molecule is C/C=C\c1cc(OCCCNc2ccccn2)ccc1C. The number of hydrogen-bond donors (Lipinski definition) is 1. The summed E-state index contributed by atoms with van der Waals surface area (Å²) in [4.78, 5) is 4.22. The Labute approximate surface area is 126 Å². The van der Waals surface area contributed by atoms with Crippen molar-refractivity contribution >= 4 is 11.9 Å². The van der Waals surface area contributed by atoms with Crippen LogP contribution < -0.4 is 10.1 Å². The van der Waals surface area contributed by atoms with Crippen molar-refractivity contribution in [1.82, 2.24) is 4.98 Å². The number of rotatable bonds is 7. The Balaban J connectivity index is 1.75. The number of allylic oxidation sites excluding steroid dienone is 1. The van der Waals surface area contributed by atoms with Gasteiger partial charge in [0.25, 0.3) is 0 Å². The number of hydrogen-bond acceptors (Lipinski definition) is 3. The van der Waals surface area contributed by atoms with E-state index in [1.807, 2.05) is 37.3 Å². The average Bonchev–Trinajstić information content (AvgIpc) is 2.51. The maximum Gasteiger partial charge on any atom is 0.125 e. The second-order valence-electron chi connectivity index (χ2n) is 4.86. The number of benzene rings is 1. The molecular weight excluding hydrogens is 260 g/mol. The van der Waals surface area contributed by atoms with Gasteiger partial charge in [-0.15, -0.1) is 0 Å². The summed E-state index contributed by atoms with van der Waals surface area (Å²) in [5.41, 5.74) is 2.47. The van der Waals surface area contributed by atoms with E-state index in [1.165, 1.54) is 11.1 Å². The van der Waals surface area contributed by atoms with Crippen molar-refractivity contribution in [2.45, 2.75) is 20.3 Å². The van der Waals surface area contributed by atoms with Gasteiger partial charge in [0.05, 0.1) is 6.61 Å². The van der Waals surface area contributed by atoms with Crippen LogP contribution in [0.2, 0.25) is 0 Å². The van der Waals surface area contributed by atoms with Crippen molar-refractivity contribution in [2.24, 2.45) is 0 Å². The van der Waals surface area contributed by atoms with Crippen LogP contribution in [0.1, 0.15) is 24.5 Å². The van der Waals surface area contributed by atoms with E-state index in [9.17, 15) is 0 Å². The zero-order valence-electron chi connectivity index (χ0n) is 12.7. The molecule has 0 aliphatic rings. The molecule has 0 aliphatic heterocycles. The van der Waals surface area contributed by atoms with Gasteiger partial charge in [0.15, 0.2) is 0 Å². The van der Waals surface area contributed by atoms with Gasteiger partial charge >= 0.3 is 0 Å². The highest BCUT2D eigenvalue weighted by Gasteiger charge is 1.99. The molecule has 0 atom stereocenters. The summed E-state index contributed by atoms with van der Waals surface area (Å²) in [6.45, 7) is 5.68. The maximum atomic E-state index is 5.79. The molecule has 110 valence electrons. The van der Waals surface area contributed by atoms with Gasteiger partial charge in [-0.05, 0) is 55.7 Å². The lowest BCUT2D eigenvalue weighted by atomic mass is 10.1. The number of nitrogens with zero attached hydrogens (tertiary/aromatic N) is 1. The lowest BCUT2D eigenvalue weighted by molar-refractivity contribution is 0.315. The lowest BCUT2D eigenvalue weighted by Crippen LogP contribution is -2.08. The minimum atomic E-state index is 0.693. The molecule has 2 rings (SSSR count). The molecule has 3 nitrogen and oxygen atoms in total. The number of ether oxygens (including phenoxy) is 1. The predicted octanol–water partition coefficient (Wildman–Crippen LogP) is 4.30. The van der Waals surface area contributed by atoms with Gasteiger partial charge in [-0.25, -0.2) is 4.98 Å². The van der Waals surface area contributed by atoms with Crippen molar-refractivity contribution in [3.05, 3.63) is 59.8 Å². The fraction of sp³-hybridized carbons (Fsp3) is 0.278. The Morgan fingerprint density at radius 3 is 2.90 bits per heavy atom. The Morgan fingerprint density at radius 1 is 1.24 bits per heavy atom. The van der Waals surface area contributed by atoms with E-state index in [-0.39, 0.29) is 0 Å². The molecule has 1 heterocycles. The molecule has 2 aromatic rings. The minimum Gasteiger partial charge on any atom is -0.494 e. The molecule has 1 aromatic carbocycles. The molecule has 21 heavy (non-hydrogen) atoms. The van der Waals surface area contributed by atoms with Crippen LogP contribution in [0.5, 0.6) is 5.75 Å². The molecule has 0 amide bonds. The lowest BCUT2D eigenvalue weighted by Gasteiger charge is -2.09. The van der Waals surface area contributed by atoms with Crippen LogP contribution in [0.25, 0.3) is 6.08 Å². The molecule has 0 aliphatic carbocycles. The standard InChI is InChI=1S/C18H22N2O/c1-3-7-16-14-17(10-9-15(16)2)21-13-6-12-20-18-8-4-5-11-19-18/h3-5,7-11,14H,6,12-13H2,1-2H3,(H,19,20)/b7-3-. The Hall–Kier alpha value is -2.29. The number of nitrogens with one attached hydrogen (secondary N) is 1. The maximum absolute atomic E-state index is 5.79. The topological polar surface area (TPSA) is 34.1 Å². The van der Waals surface area contributed by atoms with E-state index in [2.05, 4.69) is 35.4 Å². The van der Waals surface area contributed by atoms with E-state index in [1.54, 1.807) is 6.20 Å². The van der Waals surface area contributed by atoms with Gasteiger partial charge in [0.2, 0.25) is 0 Å². The highest BCUT2D eigenvalue weighted by atomic mass is 16.5. The van der Waals surface area contributed by atoms with E-state index < -0.39 is 0 Å². The molecule has 0 spiro atoms. The van der Waals surface area contributed by atoms with Crippen molar-refractivity contribution < 1.29 is 4.74 Å². The third-order valence-electron chi connectivity index (χ3n) is 3.16. The molecule has 0 saturated carbocycles. The largest absolute Gasteiger partial charge is 0.494 e. The molecule has 1 N–H and O–H groups in total. The zero-order chi connectivity index (χ0) is 14.9. The van der Waals surface area contributed by atoms with Crippen molar-refractivity contribution in [1.29, 1.82) is 0 Å². The summed E-state index contributed by atoms with van der Waals surface area (Å²) < 4.78 is 5.79. The summed E-state index contributed by atoms with van der Waals surface area (Å²) >= 11 is 0. The van der Waals surface area contributed by atoms with Gasteiger partial charge in [0.1, 0.15) is 11.6 Å². The number of anilines is 1. The van der Waals surface area contributed by atoms with Gasteiger partial charge in [0, 0.05) is 12.7 Å². The molecule has 0 radical (unpaired) electrons. The molecule has 0 unspecified atom stereocenters. The molecule has 0 bridgehead atoms. The van der Waals surface area contributed by atoms with Gasteiger partial charge in [-0.2, -0.15) is 0 Å². The number of aryl methyl sites for hydroxylation is 1. The Bertz CT molecular complexity index is 579. The molecular formula is C18H22N2O. The Kier molecular flexibility index (Phi) is 5.83. The second kappa shape index (κ2) is 8.10. The van der Waals surface area contributed by atoms with Gasteiger partial charge < -0.3 is 10.1 Å². The van der Waals surface area contributed by atoms with Crippen molar-refractivity contribution in [2.75, 3.05) is 18.5 Å². The van der Waals surface area contributed by atoms with E-state index in [0.717, 1.165) is 24.5 Å². The first kappa shape index (κ1) is 15.1. The molecule has 3 heteroatoms. The summed E-state index contributed by atoms with van der Waals surface area (Å²) in [5.74, 6) is 1.83. The quantitative estimate of drug-likeness (QED) is 0.769. The zero-order valence-corrected chi connectivity index (χ0v) is 12.7. The molecule has 0 saturated heterocycles. The van der Waals surface area contributed by atoms with Crippen LogP contribution in [-0.4, -0.2) is 18.1 Å². The van der Waals surface area contributed by atoms with Gasteiger partial charge in [-0.1, -0.05) is 24.3 Å². The third kappa shape index (κ3) is 4.95. The first-order chi connectivity index (χ1) is 10.3. The monoisotopic (exact) mass is 282 g/mol. The minimum absolute atomic E-state index is 0.693. The van der Waals surface area contributed by atoms with Crippen LogP contribution in [0.3, 0.4) is 0 Å². The highest BCUT2D eigenvalue weighted by molar-refractivity contribution is 5.55. The first-order valence-electron chi connectivity index (χ1n) is 7.30. The number of pyridine rings is 1. The third-order valence-corrected chi connectivity index (χ3v) is 3.16. The first-order valence-corrected chi connectivity index (χ1v) is 7.30. The molecule has 1 aromatic heterocycles. The van der Waals surface area contributed by atoms with E-state index in [0.29, 0.717) is 6.61 Å². The van der Waals surface area contributed by atoms with Crippen molar-refractivity contribution in [3.8, 4) is 5.75 Å². The van der Waals surface area contributed by atoms with Crippen LogP contribution in [0.4, 0.5) is 5.82 Å². The summed E-state index contributed by atoms with van der Waals surface area (Å²) in [6, 6.07) is 12.0. The van der Waals surface area contributed by atoms with Crippen LogP contribution in [0, 0.1) is 6.92 Å². The second-order valence-corrected chi connectivity index (χ2v) is 4.86. The van der Waals surface area contributed by atoms with E-state index in [4.69, 9.17) is 4.74 Å². The Morgan fingerprint density at radius 2 is 2.14 bits per heavy atom. The van der Waals surface area contributed by atoms with Gasteiger partial charge in [-0.3, -0.25) is 0 Å².